The van der Waals surface area contributed by atoms with Gasteiger partial charge >= 0.3 is 18.0 Å². The molecule has 1 fully saturated rings. The summed E-state index contributed by atoms with van der Waals surface area (Å²) < 4.78 is 16.4. The Balaban J connectivity index is 1.85. The number of piperazine rings is 1. The Kier molecular flexibility index (Phi) is 12.4. The maximum Gasteiger partial charge on any atom is 0.417 e. The van der Waals surface area contributed by atoms with Crippen molar-refractivity contribution in [2.75, 3.05) is 32.8 Å². The van der Waals surface area contributed by atoms with Crippen molar-refractivity contribution in [2.24, 2.45) is 0 Å². The van der Waals surface area contributed by atoms with Crippen molar-refractivity contribution in [3.05, 3.63) is 53.7 Å². The van der Waals surface area contributed by atoms with E-state index in [0.29, 0.717) is 51.3 Å². The molecule has 0 aliphatic carbocycles. The third-order valence-electron chi connectivity index (χ3n) is 6.95. The number of carbonyl (C=O) groups is 4. The maximum atomic E-state index is 13.6. The van der Waals surface area contributed by atoms with Crippen LogP contribution in [-0.4, -0.2) is 83.9 Å². The third-order valence-corrected chi connectivity index (χ3v) is 6.95. The summed E-state index contributed by atoms with van der Waals surface area (Å²) in [5.41, 5.74) is 1.32. The first kappa shape index (κ1) is 34.7. The van der Waals surface area contributed by atoms with E-state index < -0.39 is 35.6 Å². The van der Waals surface area contributed by atoms with E-state index in [-0.39, 0.29) is 24.1 Å². The van der Waals surface area contributed by atoms with E-state index >= 15 is 0 Å². The zero-order valence-corrected chi connectivity index (χ0v) is 26.7. The Morgan fingerprint density at radius 3 is 2.34 bits per heavy atom. The van der Waals surface area contributed by atoms with Crippen molar-refractivity contribution < 1.29 is 33.4 Å². The van der Waals surface area contributed by atoms with Crippen LogP contribution in [0.5, 0.6) is 0 Å². The largest absolute Gasteiger partial charge is 0.460 e. The Morgan fingerprint density at radius 1 is 1.02 bits per heavy atom. The molecule has 3 rings (SSSR count). The highest BCUT2D eigenvalue weighted by Crippen LogP contribution is 2.23. The molecule has 2 N–H and O–H groups in total. The zero-order chi connectivity index (χ0) is 32.3. The Bertz CT molecular complexity index is 1280. The standard InChI is InChI=1S/C33H46N4O7/c1-7-42-33(5,6)16-15-23-21-26(24-11-9-8-10-12-24)35-27(22-23)29(39)36-25(13-14-28(38)44-32(2,3)4)30(40)43-31(41)37-19-17-34-18-20-37/h8-12,21-22,25,34H,7,13-20H2,1-6H3,(H,36,39). The van der Waals surface area contributed by atoms with Gasteiger partial charge in [-0.25, -0.2) is 14.6 Å². The normalized spacial score (nSPS) is 14.5. The molecule has 0 radical (unpaired) electrons. The Morgan fingerprint density at radius 2 is 1.70 bits per heavy atom. The van der Waals surface area contributed by atoms with Crippen molar-refractivity contribution in [3.8, 4) is 11.3 Å². The van der Waals surface area contributed by atoms with Gasteiger partial charge in [-0.1, -0.05) is 30.3 Å². The predicted octanol–water partition coefficient (Wildman–Crippen LogP) is 4.29. The number of nitrogens with zero attached hydrogens (tertiary/aromatic N) is 2. The lowest BCUT2D eigenvalue weighted by molar-refractivity contribution is -0.155. The summed E-state index contributed by atoms with van der Waals surface area (Å²) in [6.45, 7) is 13.7. The number of ether oxygens (including phenoxy) is 3. The van der Waals surface area contributed by atoms with Gasteiger partial charge in [0, 0.05) is 44.8 Å². The number of benzene rings is 1. The van der Waals surface area contributed by atoms with Crippen molar-refractivity contribution in [3.63, 3.8) is 0 Å². The van der Waals surface area contributed by atoms with Crippen LogP contribution in [0.25, 0.3) is 11.3 Å². The van der Waals surface area contributed by atoms with Gasteiger partial charge in [0.1, 0.15) is 17.3 Å². The number of aryl methyl sites for hydroxylation is 1. The van der Waals surface area contributed by atoms with Gasteiger partial charge in [0.25, 0.3) is 5.91 Å². The SMILES string of the molecule is CCOC(C)(C)CCc1cc(C(=O)NC(CCC(=O)OC(C)(C)C)C(=O)OC(=O)N2CCNCC2)nc(-c2ccccc2)c1. The molecule has 0 saturated carbocycles. The molecular formula is C33H46N4O7. The van der Waals surface area contributed by atoms with Crippen LogP contribution in [0.4, 0.5) is 4.79 Å². The van der Waals surface area contributed by atoms with E-state index in [2.05, 4.69) is 15.6 Å². The van der Waals surface area contributed by atoms with Crippen LogP contribution in [0.1, 0.15) is 76.9 Å². The van der Waals surface area contributed by atoms with E-state index in [1.807, 2.05) is 57.2 Å². The lowest BCUT2D eigenvalue weighted by Crippen LogP contribution is -2.49. The third kappa shape index (κ3) is 11.3. The molecule has 1 atom stereocenters. The van der Waals surface area contributed by atoms with Crippen molar-refractivity contribution in [1.82, 2.24) is 20.5 Å². The number of nitrogens with one attached hydrogen (secondary N) is 2. The van der Waals surface area contributed by atoms with Crippen LogP contribution >= 0.6 is 0 Å². The highest BCUT2D eigenvalue weighted by Gasteiger charge is 2.30. The van der Waals surface area contributed by atoms with Gasteiger partial charge in [-0.2, -0.15) is 0 Å². The monoisotopic (exact) mass is 610 g/mol. The fourth-order valence-corrected chi connectivity index (χ4v) is 4.72. The fraction of sp³-hybridized carbons (Fsp3) is 0.545. The van der Waals surface area contributed by atoms with E-state index in [9.17, 15) is 19.2 Å². The minimum Gasteiger partial charge on any atom is -0.460 e. The number of hydrogen-bond donors (Lipinski definition) is 2. The van der Waals surface area contributed by atoms with Crippen LogP contribution in [-0.2, 0) is 30.2 Å². The molecule has 0 spiro atoms. The molecule has 240 valence electrons. The summed E-state index contributed by atoms with van der Waals surface area (Å²) >= 11 is 0. The lowest BCUT2D eigenvalue weighted by atomic mass is 9.97. The smallest absolute Gasteiger partial charge is 0.417 e. The van der Waals surface area contributed by atoms with Gasteiger partial charge < -0.3 is 29.7 Å². The van der Waals surface area contributed by atoms with Crippen LogP contribution in [0, 0.1) is 0 Å². The molecule has 1 aliphatic rings. The number of esters is 2. The molecule has 0 bridgehead atoms. The number of hydrogen-bond acceptors (Lipinski definition) is 9. The van der Waals surface area contributed by atoms with Crippen LogP contribution < -0.4 is 10.6 Å². The Hall–Kier alpha value is -3.83. The average Bonchev–Trinajstić information content (AvgIpc) is 2.98. The molecule has 11 heteroatoms. The van der Waals surface area contributed by atoms with Crippen molar-refractivity contribution in [2.45, 2.75) is 84.5 Å². The van der Waals surface area contributed by atoms with Gasteiger partial charge in [-0.15, -0.1) is 0 Å². The summed E-state index contributed by atoms with van der Waals surface area (Å²) in [7, 11) is 0. The molecule has 2 heterocycles. The quantitative estimate of drug-likeness (QED) is 0.267. The molecule has 2 aromatic rings. The highest BCUT2D eigenvalue weighted by atomic mass is 16.6. The first-order valence-corrected chi connectivity index (χ1v) is 15.2. The molecule has 1 saturated heterocycles. The van der Waals surface area contributed by atoms with Crippen LogP contribution in [0.3, 0.4) is 0 Å². The van der Waals surface area contributed by atoms with Crippen LogP contribution in [0.15, 0.2) is 42.5 Å². The molecule has 44 heavy (non-hydrogen) atoms. The van der Waals surface area contributed by atoms with Gasteiger partial charge in [-0.3, -0.25) is 9.59 Å². The number of rotatable bonds is 12. The topological polar surface area (TPSA) is 136 Å². The van der Waals surface area contributed by atoms with Gasteiger partial charge in [-0.05, 0) is 78.5 Å². The van der Waals surface area contributed by atoms with E-state index in [4.69, 9.17) is 14.2 Å². The second-order valence-corrected chi connectivity index (χ2v) is 12.4. The summed E-state index contributed by atoms with van der Waals surface area (Å²) in [6.07, 6.45) is 0.241. The van der Waals surface area contributed by atoms with E-state index in [1.165, 1.54) is 4.90 Å². The van der Waals surface area contributed by atoms with E-state index in [1.54, 1.807) is 26.8 Å². The summed E-state index contributed by atoms with van der Waals surface area (Å²) in [6, 6.07) is 11.8. The second-order valence-electron chi connectivity index (χ2n) is 12.4. The fourth-order valence-electron chi connectivity index (χ4n) is 4.72. The summed E-state index contributed by atoms with van der Waals surface area (Å²) in [5, 5.41) is 5.80. The molecule has 1 aromatic carbocycles. The maximum absolute atomic E-state index is 13.6. The van der Waals surface area contributed by atoms with Gasteiger partial charge in [0.05, 0.1) is 11.3 Å². The van der Waals surface area contributed by atoms with Crippen molar-refractivity contribution in [1.29, 1.82) is 0 Å². The predicted molar refractivity (Wildman–Crippen MR) is 166 cm³/mol. The molecule has 1 unspecified atom stereocenters. The first-order chi connectivity index (χ1) is 20.8. The zero-order valence-electron chi connectivity index (χ0n) is 26.7. The molecule has 11 nitrogen and oxygen atoms in total. The summed E-state index contributed by atoms with van der Waals surface area (Å²) in [5.74, 6) is -2.13. The van der Waals surface area contributed by atoms with Gasteiger partial charge in [0.15, 0.2) is 0 Å². The van der Waals surface area contributed by atoms with Crippen molar-refractivity contribution >= 4 is 23.9 Å². The molecule has 1 aromatic heterocycles. The molecule has 2 amide bonds. The number of pyridine rings is 1. The number of aromatic nitrogens is 1. The summed E-state index contributed by atoms with van der Waals surface area (Å²) in [4.78, 5) is 58.0. The first-order valence-electron chi connectivity index (χ1n) is 15.2. The minimum absolute atomic E-state index is 0.0964. The van der Waals surface area contributed by atoms with Crippen LogP contribution in [0.2, 0.25) is 0 Å². The lowest BCUT2D eigenvalue weighted by Gasteiger charge is -2.27. The molecular weight excluding hydrogens is 564 g/mol. The molecule has 1 aliphatic heterocycles. The average molecular weight is 611 g/mol. The minimum atomic E-state index is -1.29. The number of amides is 2. The number of carbonyl (C=O) groups excluding carboxylic acids is 4. The van der Waals surface area contributed by atoms with E-state index in [0.717, 1.165) is 11.1 Å². The second kappa shape index (κ2) is 15.8. The Labute approximate surface area is 260 Å². The highest BCUT2D eigenvalue weighted by molar-refractivity contribution is 5.97. The van der Waals surface area contributed by atoms with Gasteiger partial charge in [0.2, 0.25) is 0 Å².